The van der Waals surface area contributed by atoms with Gasteiger partial charge in [-0.1, -0.05) is 13.8 Å². The van der Waals surface area contributed by atoms with Crippen LogP contribution in [-0.2, 0) is 0 Å². The predicted octanol–water partition coefficient (Wildman–Crippen LogP) is 2.50. The Kier molecular flexibility index (Phi) is 3.20. The largest absolute Gasteiger partial charge is 0.316 e. The molecule has 1 spiro atoms. The molecule has 2 nitrogen and oxygen atoms in total. The van der Waals surface area contributed by atoms with Crippen LogP contribution in [0.5, 0.6) is 0 Å². The number of nitrogens with one attached hydrogen (secondary N) is 1. The van der Waals surface area contributed by atoms with Crippen LogP contribution in [0.4, 0.5) is 0 Å². The molecule has 0 aliphatic carbocycles. The van der Waals surface area contributed by atoms with Gasteiger partial charge in [-0.25, -0.2) is 0 Å². The van der Waals surface area contributed by atoms with Crippen LogP contribution in [0.15, 0.2) is 0 Å². The quantitative estimate of drug-likeness (QED) is 0.752. The molecule has 3 atom stereocenters. The van der Waals surface area contributed by atoms with Crippen LogP contribution >= 0.6 is 0 Å². The zero-order valence-electron chi connectivity index (χ0n) is 11.5. The van der Waals surface area contributed by atoms with Crippen LogP contribution in [0.1, 0.15) is 46.0 Å². The van der Waals surface area contributed by atoms with Crippen molar-refractivity contribution in [3.63, 3.8) is 0 Å². The maximum atomic E-state index is 3.63. The highest BCUT2D eigenvalue weighted by atomic mass is 15.2. The SMILES string of the molecule is CC(C)C1CNCCC12CCN1CCCC1C2. The monoisotopic (exact) mass is 236 g/mol. The number of nitrogens with zero attached hydrogens (tertiary/aromatic N) is 1. The molecule has 3 unspecified atom stereocenters. The van der Waals surface area contributed by atoms with E-state index in [2.05, 4.69) is 24.1 Å². The average molecular weight is 236 g/mol. The van der Waals surface area contributed by atoms with E-state index in [-0.39, 0.29) is 0 Å². The van der Waals surface area contributed by atoms with Gasteiger partial charge >= 0.3 is 0 Å². The average Bonchev–Trinajstić information content (AvgIpc) is 2.76. The third-order valence-electron chi connectivity index (χ3n) is 5.79. The molecule has 0 aromatic heterocycles. The van der Waals surface area contributed by atoms with Crippen LogP contribution in [0.2, 0.25) is 0 Å². The Bertz CT molecular complexity index is 276. The Morgan fingerprint density at radius 1 is 1.24 bits per heavy atom. The van der Waals surface area contributed by atoms with Crippen LogP contribution in [0.25, 0.3) is 0 Å². The summed E-state index contributed by atoms with van der Waals surface area (Å²) in [6.45, 7) is 10.2. The lowest BCUT2D eigenvalue weighted by Gasteiger charge is -2.52. The number of piperidine rings is 2. The molecule has 3 rings (SSSR count). The maximum Gasteiger partial charge on any atom is 0.0101 e. The summed E-state index contributed by atoms with van der Waals surface area (Å²) in [5.41, 5.74) is 0.685. The second-order valence-corrected chi connectivity index (χ2v) is 6.95. The lowest BCUT2D eigenvalue weighted by molar-refractivity contribution is -0.0152. The summed E-state index contributed by atoms with van der Waals surface area (Å²) in [6, 6.07) is 0.933. The van der Waals surface area contributed by atoms with E-state index in [1.807, 2.05) is 0 Å². The number of hydrogen-bond acceptors (Lipinski definition) is 2. The van der Waals surface area contributed by atoms with Gasteiger partial charge in [0, 0.05) is 6.04 Å². The van der Waals surface area contributed by atoms with Gasteiger partial charge in [0.05, 0.1) is 0 Å². The standard InChI is InChI=1S/C15H28N2/c1-12(2)14-11-16-7-5-15(14)6-9-17-8-3-4-13(17)10-15/h12-14,16H,3-11H2,1-2H3. The van der Waals surface area contributed by atoms with E-state index in [0.29, 0.717) is 5.41 Å². The summed E-state index contributed by atoms with van der Waals surface area (Å²) in [7, 11) is 0. The minimum atomic E-state index is 0.685. The molecule has 3 saturated heterocycles. The molecule has 17 heavy (non-hydrogen) atoms. The van der Waals surface area contributed by atoms with E-state index in [1.54, 1.807) is 0 Å². The first kappa shape index (κ1) is 12.0. The Hall–Kier alpha value is -0.0800. The topological polar surface area (TPSA) is 15.3 Å². The maximum absolute atomic E-state index is 3.63. The summed E-state index contributed by atoms with van der Waals surface area (Å²) in [5.74, 6) is 1.76. The van der Waals surface area contributed by atoms with Crippen molar-refractivity contribution in [1.82, 2.24) is 10.2 Å². The Morgan fingerprint density at radius 3 is 2.94 bits per heavy atom. The summed E-state index contributed by atoms with van der Waals surface area (Å²) in [6.07, 6.45) is 7.32. The molecule has 0 bridgehead atoms. The Labute approximate surface area is 106 Å². The summed E-state index contributed by atoms with van der Waals surface area (Å²) in [5, 5.41) is 3.63. The molecule has 3 aliphatic rings. The highest BCUT2D eigenvalue weighted by molar-refractivity contribution is 5.00. The third kappa shape index (κ3) is 2.04. The number of fused-ring (bicyclic) bond motifs is 1. The van der Waals surface area contributed by atoms with Crippen molar-refractivity contribution in [3.8, 4) is 0 Å². The fraction of sp³-hybridized carbons (Fsp3) is 1.00. The molecular formula is C15H28N2. The summed E-state index contributed by atoms with van der Waals surface area (Å²) < 4.78 is 0. The third-order valence-corrected chi connectivity index (χ3v) is 5.79. The fourth-order valence-electron chi connectivity index (χ4n) is 4.86. The molecule has 0 amide bonds. The van der Waals surface area contributed by atoms with Gasteiger partial charge in [-0.15, -0.1) is 0 Å². The molecule has 98 valence electrons. The lowest BCUT2D eigenvalue weighted by Crippen LogP contribution is -2.54. The highest BCUT2D eigenvalue weighted by Gasteiger charge is 2.47. The molecule has 0 aromatic rings. The van der Waals surface area contributed by atoms with Crippen LogP contribution in [0, 0.1) is 17.3 Å². The minimum absolute atomic E-state index is 0.685. The summed E-state index contributed by atoms with van der Waals surface area (Å²) >= 11 is 0. The first-order valence-corrected chi connectivity index (χ1v) is 7.66. The van der Waals surface area contributed by atoms with Crippen LogP contribution < -0.4 is 5.32 Å². The van der Waals surface area contributed by atoms with E-state index < -0.39 is 0 Å². The van der Waals surface area contributed by atoms with E-state index in [1.165, 1.54) is 58.3 Å². The van der Waals surface area contributed by atoms with Gasteiger partial charge in [-0.3, -0.25) is 0 Å². The molecular weight excluding hydrogens is 208 g/mol. The minimum Gasteiger partial charge on any atom is -0.316 e. The van der Waals surface area contributed by atoms with Gasteiger partial charge in [-0.05, 0) is 75.5 Å². The zero-order chi connectivity index (χ0) is 11.9. The van der Waals surface area contributed by atoms with Gasteiger partial charge in [-0.2, -0.15) is 0 Å². The second-order valence-electron chi connectivity index (χ2n) is 6.95. The van der Waals surface area contributed by atoms with E-state index in [4.69, 9.17) is 0 Å². The fourth-order valence-corrected chi connectivity index (χ4v) is 4.86. The predicted molar refractivity (Wildman–Crippen MR) is 72.1 cm³/mol. The van der Waals surface area contributed by atoms with Gasteiger partial charge in [0.2, 0.25) is 0 Å². The summed E-state index contributed by atoms with van der Waals surface area (Å²) in [4.78, 5) is 2.77. The highest BCUT2D eigenvalue weighted by Crippen LogP contribution is 2.49. The molecule has 3 fully saturated rings. The lowest BCUT2D eigenvalue weighted by atomic mass is 9.60. The van der Waals surface area contributed by atoms with Crippen molar-refractivity contribution < 1.29 is 0 Å². The van der Waals surface area contributed by atoms with E-state index in [0.717, 1.165) is 17.9 Å². The number of rotatable bonds is 1. The molecule has 2 heteroatoms. The van der Waals surface area contributed by atoms with Gasteiger partial charge in [0.15, 0.2) is 0 Å². The van der Waals surface area contributed by atoms with Crippen molar-refractivity contribution in [2.75, 3.05) is 26.2 Å². The molecule has 0 saturated carbocycles. The van der Waals surface area contributed by atoms with Crippen molar-refractivity contribution in [2.45, 2.75) is 52.0 Å². The normalized spacial score (nSPS) is 43.2. The first-order valence-electron chi connectivity index (χ1n) is 7.66. The molecule has 1 N–H and O–H groups in total. The van der Waals surface area contributed by atoms with Crippen molar-refractivity contribution in [2.24, 2.45) is 17.3 Å². The van der Waals surface area contributed by atoms with Crippen LogP contribution in [0.3, 0.4) is 0 Å². The smallest absolute Gasteiger partial charge is 0.0101 e. The molecule has 0 radical (unpaired) electrons. The molecule has 3 heterocycles. The van der Waals surface area contributed by atoms with Crippen molar-refractivity contribution >= 4 is 0 Å². The Balaban J connectivity index is 1.78. The van der Waals surface area contributed by atoms with Crippen LogP contribution in [-0.4, -0.2) is 37.1 Å². The molecule has 3 aliphatic heterocycles. The van der Waals surface area contributed by atoms with Gasteiger partial charge in [0.1, 0.15) is 0 Å². The second kappa shape index (κ2) is 4.55. The first-order chi connectivity index (χ1) is 8.21. The van der Waals surface area contributed by atoms with E-state index in [9.17, 15) is 0 Å². The van der Waals surface area contributed by atoms with Gasteiger partial charge < -0.3 is 10.2 Å². The van der Waals surface area contributed by atoms with E-state index >= 15 is 0 Å². The Morgan fingerprint density at radius 2 is 2.12 bits per heavy atom. The van der Waals surface area contributed by atoms with Gasteiger partial charge in [0.25, 0.3) is 0 Å². The molecule has 0 aromatic carbocycles. The number of hydrogen-bond donors (Lipinski definition) is 1. The zero-order valence-corrected chi connectivity index (χ0v) is 11.5. The van der Waals surface area contributed by atoms with Crippen molar-refractivity contribution in [3.05, 3.63) is 0 Å². The van der Waals surface area contributed by atoms with Crippen molar-refractivity contribution in [1.29, 1.82) is 0 Å².